The van der Waals surface area contributed by atoms with Crippen molar-refractivity contribution >= 4 is 11.6 Å². The van der Waals surface area contributed by atoms with E-state index >= 15 is 0 Å². The van der Waals surface area contributed by atoms with Crippen molar-refractivity contribution in [1.82, 2.24) is 15.0 Å². The summed E-state index contributed by atoms with van der Waals surface area (Å²) in [5.41, 5.74) is 1.40. The lowest BCUT2D eigenvalue weighted by molar-refractivity contribution is 0.283. The van der Waals surface area contributed by atoms with E-state index in [-0.39, 0.29) is 6.61 Å². The average Bonchev–Trinajstić information content (AvgIpc) is 2.82. The molecule has 4 nitrogen and oxygen atoms in total. The van der Waals surface area contributed by atoms with Crippen molar-refractivity contribution in [2.75, 3.05) is 6.61 Å². The second-order valence-corrected chi connectivity index (χ2v) is 4.75. The molecule has 1 heterocycles. The Bertz CT molecular complexity index is 524. The lowest BCUT2D eigenvalue weighted by Gasteiger charge is -2.00. The Balaban J connectivity index is 2.03. The molecule has 0 fully saturated rings. The first-order chi connectivity index (χ1) is 9.19. The van der Waals surface area contributed by atoms with Crippen molar-refractivity contribution in [2.24, 2.45) is 0 Å². The van der Waals surface area contributed by atoms with E-state index in [2.05, 4.69) is 10.3 Å². The molecule has 0 aliphatic rings. The topological polar surface area (TPSA) is 50.9 Å². The van der Waals surface area contributed by atoms with E-state index in [1.165, 1.54) is 16.8 Å². The molecule has 0 atom stereocenters. The van der Waals surface area contributed by atoms with Gasteiger partial charge in [0.1, 0.15) is 5.82 Å². The summed E-state index contributed by atoms with van der Waals surface area (Å²) >= 11 is 5.80. The van der Waals surface area contributed by atoms with E-state index in [4.69, 9.17) is 16.7 Å². The lowest BCUT2D eigenvalue weighted by Crippen LogP contribution is -1.95. The summed E-state index contributed by atoms with van der Waals surface area (Å²) < 4.78 is 14.7. The first kappa shape index (κ1) is 14.0. The largest absolute Gasteiger partial charge is 0.396 e. The molecule has 6 heteroatoms. The minimum atomic E-state index is -0.400. The highest BCUT2D eigenvalue weighted by atomic mass is 35.5. The lowest BCUT2D eigenvalue weighted by atomic mass is 10.2. The highest BCUT2D eigenvalue weighted by Crippen LogP contribution is 2.17. The van der Waals surface area contributed by atoms with Crippen LogP contribution < -0.4 is 0 Å². The quantitative estimate of drug-likeness (QED) is 0.830. The minimum Gasteiger partial charge on any atom is -0.396 e. The molecular weight excluding hydrogens is 269 g/mol. The number of nitrogens with zero attached hydrogens (tertiary/aromatic N) is 3. The first-order valence-corrected chi connectivity index (χ1v) is 6.55. The van der Waals surface area contributed by atoms with Gasteiger partial charge in [-0.3, -0.25) is 0 Å². The number of unbranched alkanes of at least 4 members (excludes halogenated alkanes) is 2. The smallest absolute Gasteiger partial charge is 0.126 e. The van der Waals surface area contributed by atoms with E-state index in [1.807, 2.05) is 0 Å². The Morgan fingerprint density at radius 2 is 2.05 bits per heavy atom. The van der Waals surface area contributed by atoms with Gasteiger partial charge in [0.05, 0.1) is 17.6 Å². The van der Waals surface area contributed by atoms with Gasteiger partial charge in [0.2, 0.25) is 0 Å². The van der Waals surface area contributed by atoms with Crippen LogP contribution in [-0.4, -0.2) is 26.7 Å². The standard InChI is InChI=1S/C13H15ClFN3O/c14-10-6-11(15)8-13(7-10)18-9-12(16-17-18)4-2-1-3-5-19/h6-9,19H,1-5H2. The first-order valence-electron chi connectivity index (χ1n) is 6.17. The van der Waals surface area contributed by atoms with E-state index in [9.17, 15) is 4.39 Å². The Hall–Kier alpha value is -1.46. The van der Waals surface area contributed by atoms with Crippen molar-refractivity contribution in [2.45, 2.75) is 25.7 Å². The van der Waals surface area contributed by atoms with Gasteiger partial charge < -0.3 is 5.11 Å². The number of benzene rings is 1. The van der Waals surface area contributed by atoms with Gasteiger partial charge in [0, 0.05) is 11.6 Å². The summed E-state index contributed by atoms with van der Waals surface area (Å²) in [5, 5.41) is 17.0. The maximum Gasteiger partial charge on any atom is 0.126 e. The number of hydrogen-bond donors (Lipinski definition) is 1. The predicted octanol–water partition coefficient (Wildman–Crippen LogP) is 2.76. The van der Waals surface area contributed by atoms with Crippen LogP contribution >= 0.6 is 11.6 Å². The normalized spacial score (nSPS) is 10.9. The van der Waals surface area contributed by atoms with E-state index in [0.717, 1.165) is 31.4 Å². The molecule has 1 N–H and O–H groups in total. The fourth-order valence-electron chi connectivity index (χ4n) is 1.81. The maximum atomic E-state index is 13.2. The van der Waals surface area contributed by atoms with E-state index in [0.29, 0.717) is 10.7 Å². The van der Waals surface area contributed by atoms with Crippen LogP contribution in [-0.2, 0) is 6.42 Å². The van der Waals surface area contributed by atoms with Crippen LogP contribution in [0.3, 0.4) is 0 Å². The summed E-state index contributed by atoms with van der Waals surface area (Å²) in [6.07, 6.45) is 5.26. The molecule has 0 unspecified atom stereocenters. The zero-order chi connectivity index (χ0) is 13.7. The molecule has 0 saturated carbocycles. The van der Waals surface area contributed by atoms with E-state index in [1.54, 1.807) is 12.3 Å². The third-order valence-electron chi connectivity index (χ3n) is 2.74. The zero-order valence-corrected chi connectivity index (χ0v) is 11.1. The van der Waals surface area contributed by atoms with Gasteiger partial charge in [0.15, 0.2) is 0 Å². The summed E-state index contributed by atoms with van der Waals surface area (Å²) in [6, 6.07) is 4.24. The molecule has 1 aromatic heterocycles. The SMILES string of the molecule is OCCCCCc1cn(-c2cc(F)cc(Cl)c2)nn1. The molecular formula is C13H15ClFN3O. The molecule has 102 valence electrons. The van der Waals surface area contributed by atoms with Crippen LogP contribution in [0, 0.1) is 5.82 Å². The molecule has 0 radical (unpaired) electrons. The van der Waals surface area contributed by atoms with Gasteiger partial charge in [-0.15, -0.1) is 5.10 Å². The molecule has 1 aromatic carbocycles. The number of halogens is 2. The highest BCUT2D eigenvalue weighted by Gasteiger charge is 2.05. The molecule has 0 aliphatic carbocycles. The minimum absolute atomic E-state index is 0.217. The van der Waals surface area contributed by atoms with Crippen LogP contribution in [0.1, 0.15) is 25.0 Å². The number of aliphatic hydroxyl groups excluding tert-OH is 1. The second kappa shape index (κ2) is 6.63. The van der Waals surface area contributed by atoms with Gasteiger partial charge in [-0.2, -0.15) is 0 Å². The molecule has 2 aromatic rings. The van der Waals surface area contributed by atoms with Crippen molar-refractivity contribution in [3.05, 3.63) is 40.9 Å². The van der Waals surface area contributed by atoms with Crippen LogP contribution in [0.2, 0.25) is 5.02 Å². The molecule has 0 spiro atoms. The molecule has 0 saturated heterocycles. The number of aromatic nitrogens is 3. The van der Waals surface area contributed by atoms with Crippen molar-refractivity contribution in [3.63, 3.8) is 0 Å². The summed E-state index contributed by atoms with van der Waals surface area (Å²) in [7, 11) is 0. The Kier molecular flexibility index (Phi) is 4.87. The summed E-state index contributed by atoms with van der Waals surface area (Å²) in [4.78, 5) is 0. The third-order valence-corrected chi connectivity index (χ3v) is 2.96. The van der Waals surface area contributed by atoms with Crippen LogP contribution in [0.25, 0.3) is 5.69 Å². The highest BCUT2D eigenvalue weighted by molar-refractivity contribution is 6.30. The van der Waals surface area contributed by atoms with Crippen LogP contribution in [0.15, 0.2) is 24.4 Å². The fraction of sp³-hybridized carbons (Fsp3) is 0.385. The Labute approximate surface area is 115 Å². The number of rotatable bonds is 6. The number of hydrogen-bond acceptors (Lipinski definition) is 3. The number of aryl methyl sites for hydroxylation is 1. The molecule has 0 aliphatic heterocycles. The molecule has 19 heavy (non-hydrogen) atoms. The van der Waals surface area contributed by atoms with E-state index < -0.39 is 5.82 Å². The monoisotopic (exact) mass is 283 g/mol. The average molecular weight is 284 g/mol. The van der Waals surface area contributed by atoms with Crippen molar-refractivity contribution in [3.8, 4) is 5.69 Å². The van der Waals surface area contributed by atoms with Gasteiger partial charge >= 0.3 is 0 Å². The van der Waals surface area contributed by atoms with Crippen molar-refractivity contribution < 1.29 is 9.50 Å². The predicted molar refractivity (Wildman–Crippen MR) is 71.0 cm³/mol. The van der Waals surface area contributed by atoms with Gasteiger partial charge in [-0.05, 0) is 37.5 Å². The van der Waals surface area contributed by atoms with Gasteiger partial charge in [-0.1, -0.05) is 23.2 Å². The maximum absolute atomic E-state index is 13.2. The van der Waals surface area contributed by atoms with Crippen LogP contribution in [0.5, 0.6) is 0 Å². The molecule has 2 rings (SSSR count). The zero-order valence-electron chi connectivity index (χ0n) is 10.4. The Morgan fingerprint density at radius 3 is 2.79 bits per heavy atom. The third kappa shape index (κ3) is 4.01. The second-order valence-electron chi connectivity index (χ2n) is 4.32. The molecule has 0 amide bonds. The van der Waals surface area contributed by atoms with Crippen molar-refractivity contribution in [1.29, 1.82) is 0 Å². The summed E-state index contributed by atoms with van der Waals surface area (Å²) in [5.74, 6) is -0.400. The molecule has 0 bridgehead atoms. The van der Waals surface area contributed by atoms with Gasteiger partial charge in [-0.25, -0.2) is 9.07 Å². The van der Waals surface area contributed by atoms with Gasteiger partial charge in [0.25, 0.3) is 0 Å². The van der Waals surface area contributed by atoms with Crippen LogP contribution in [0.4, 0.5) is 4.39 Å². The number of aliphatic hydroxyl groups is 1. The Morgan fingerprint density at radius 1 is 1.21 bits per heavy atom. The summed E-state index contributed by atoms with van der Waals surface area (Å²) in [6.45, 7) is 0.217. The fourth-order valence-corrected chi connectivity index (χ4v) is 2.02.